The Labute approximate surface area is 123 Å². The lowest BCUT2D eigenvalue weighted by atomic mass is 10.0. The van der Waals surface area contributed by atoms with E-state index >= 15 is 0 Å². The Morgan fingerprint density at radius 1 is 1.35 bits per heavy atom. The minimum Gasteiger partial charge on any atom is -0.481 e. The fourth-order valence-electron chi connectivity index (χ4n) is 1.86. The summed E-state index contributed by atoms with van der Waals surface area (Å²) in [5.74, 6) is -0.711. The van der Waals surface area contributed by atoms with Crippen molar-refractivity contribution in [2.75, 3.05) is 7.11 Å². The van der Waals surface area contributed by atoms with E-state index in [0.29, 0.717) is 18.9 Å². The maximum atomic E-state index is 11.7. The summed E-state index contributed by atoms with van der Waals surface area (Å²) in [5.41, 5.74) is 0. The van der Waals surface area contributed by atoms with E-state index in [4.69, 9.17) is 9.84 Å². The van der Waals surface area contributed by atoms with Crippen LogP contribution in [0.4, 0.5) is 0 Å². The van der Waals surface area contributed by atoms with Crippen LogP contribution in [0.2, 0.25) is 0 Å². The molecule has 6 heteroatoms. The van der Waals surface area contributed by atoms with Gasteiger partial charge in [0, 0.05) is 16.3 Å². The monoisotopic (exact) mass is 299 g/mol. The van der Waals surface area contributed by atoms with Crippen LogP contribution in [0.5, 0.6) is 0 Å². The summed E-state index contributed by atoms with van der Waals surface area (Å²) in [6.45, 7) is 4.64. The molecule has 2 N–H and O–H groups in total. The molecule has 0 amide bonds. The Morgan fingerprint density at radius 2 is 2.00 bits per heavy atom. The van der Waals surface area contributed by atoms with Crippen LogP contribution in [0.3, 0.4) is 0 Å². The van der Waals surface area contributed by atoms with Gasteiger partial charge < -0.3 is 9.84 Å². The van der Waals surface area contributed by atoms with Crippen molar-refractivity contribution in [3.63, 3.8) is 0 Å². The first kappa shape index (κ1) is 16.7. The summed E-state index contributed by atoms with van der Waals surface area (Å²) in [6.07, 6.45) is 0.747. The number of thiophene rings is 1. The topological polar surface area (TPSA) is 75.6 Å². The number of hydrogen-bond acceptors (Lipinski definition) is 5. The maximum absolute atomic E-state index is 11.7. The molecular formula is C14H21NO4S. The zero-order chi connectivity index (χ0) is 15.1. The second-order valence-electron chi connectivity index (χ2n) is 5.02. The summed E-state index contributed by atoms with van der Waals surface area (Å²) in [4.78, 5) is 24.1. The summed E-state index contributed by atoms with van der Waals surface area (Å²) in [5, 5.41) is 11.9. The number of nitrogens with one attached hydrogen (secondary N) is 1. The summed E-state index contributed by atoms with van der Waals surface area (Å²) in [6, 6.07) is 3.37. The second kappa shape index (κ2) is 8.01. The number of esters is 1. The summed E-state index contributed by atoms with van der Waals surface area (Å²) in [7, 11) is 1.38. The lowest BCUT2D eigenvalue weighted by Gasteiger charge is -2.17. The van der Waals surface area contributed by atoms with E-state index in [1.807, 2.05) is 26.0 Å². The molecule has 0 aliphatic heterocycles. The maximum Gasteiger partial charge on any atom is 0.322 e. The average Bonchev–Trinajstić information content (AvgIpc) is 2.79. The van der Waals surface area contributed by atoms with Crippen molar-refractivity contribution in [2.45, 2.75) is 39.3 Å². The van der Waals surface area contributed by atoms with Crippen LogP contribution in [-0.4, -0.2) is 30.2 Å². The Bertz CT molecular complexity index is 456. The van der Waals surface area contributed by atoms with Gasteiger partial charge in [0.2, 0.25) is 0 Å². The molecule has 1 aromatic heterocycles. The van der Waals surface area contributed by atoms with Gasteiger partial charge in [0.1, 0.15) is 6.04 Å². The average molecular weight is 299 g/mol. The molecule has 0 fully saturated rings. The minimum atomic E-state index is -0.835. The van der Waals surface area contributed by atoms with Gasteiger partial charge in [-0.2, -0.15) is 0 Å². The van der Waals surface area contributed by atoms with Gasteiger partial charge in [0.05, 0.1) is 13.5 Å². The SMILES string of the molecule is COC(=O)C(CC(C)C)NCc1ccc(CC(=O)O)s1. The highest BCUT2D eigenvalue weighted by Crippen LogP contribution is 2.17. The van der Waals surface area contributed by atoms with Gasteiger partial charge in [0.25, 0.3) is 0 Å². The van der Waals surface area contributed by atoms with Crippen molar-refractivity contribution < 1.29 is 19.4 Å². The first-order valence-electron chi connectivity index (χ1n) is 6.53. The fourth-order valence-corrected chi connectivity index (χ4v) is 2.82. The third-order valence-electron chi connectivity index (χ3n) is 2.76. The Hall–Kier alpha value is -1.40. The Balaban J connectivity index is 2.56. The highest BCUT2D eigenvalue weighted by molar-refractivity contribution is 7.12. The van der Waals surface area contributed by atoms with E-state index in [1.54, 1.807) is 0 Å². The Morgan fingerprint density at radius 3 is 2.55 bits per heavy atom. The molecule has 5 nitrogen and oxygen atoms in total. The molecule has 0 aliphatic rings. The van der Waals surface area contributed by atoms with Crippen LogP contribution in [-0.2, 0) is 27.3 Å². The number of carbonyl (C=O) groups excluding carboxylic acids is 1. The predicted octanol–water partition coefficient (Wildman–Crippen LogP) is 2.05. The molecule has 1 unspecified atom stereocenters. The molecule has 0 radical (unpaired) electrons. The zero-order valence-electron chi connectivity index (χ0n) is 12.0. The minimum absolute atomic E-state index is 0.0388. The van der Waals surface area contributed by atoms with Gasteiger partial charge >= 0.3 is 11.9 Å². The summed E-state index contributed by atoms with van der Waals surface area (Å²) >= 11 is 1.45. The second-order valence-corrected chi connectivity index (χ2v) is 6.28. The number of carboxylic acids is 1. The van der Waals surface area contributed by atoms with E-state index in [-0.39, 0.29) is 18.4 Å². The van der Waals surface area contributed by atoms with E-state index in [0.717, 1.165) is 9.75 Å². The highest BCUT2D eigenvalue weighted by atomic mass is 32.1. The molecule has 0 saturated heterocycles. The molecule has 0 spiro atoms. The number of hydrogen-bond donors (Lipinski definition) is 2. The molecule has 1 heterocycles. The molecule has 20 heavy (non-hydrogen) atoms. The van der Waals surface area contributed by atoms with Crippen LogP contribution in [0.25, 0.3) is 0 Å². The van der Waals surface area contributed by atoms with Crippen molar-refractivity contribution >= 4 is 23.3 Å². The van der Waals surface area contributed by atoms with E-state index in [1.165, 1.54) is 18.4 Å². The van der Waals surface area contributed by atoms with Crippen molar-refractivity contribution in [3.05, 3.63) is 21.9 Å². The number of carbonyl (C=O) groups is 2. The number of rotatable bonds is 8. The largest absolute Gasteiger partial charge is 0.481 e. The number of carboxylic acid groups (broad SMARTS) is 1. The smallest absolute Gasteiger partial charge is 0.322 e. The number of aliphatic carboxylic acids is 1. The van der Waals surface area contributed by atoms with Gasteiger partial charge in [-0.1, -0.05) is 13.8 Å². The van der Waals surface area contributed by atoms with Gasteiger partial charge in [0.15, 0.2) is 0 Å². The summed E-state index contributed by atoms with van der Waals surface area (Å²) < 4.78 is 4.78. The molecule has 1 rings (SSSR count). The van der Waals surface area contributed by atoms with E-state index in [9.17, 15) is 9.59 Å². The van der Waals surface area contributed by atoms with Gasteiger partial charge in [-0.15, -0.1) is 11.3 Å². The van der Waals surface area contributed by atoms with Crippen molar-refractivity contribution in [1.82, 2.24) is 5.32 Å². The van der Waals surface area contributed by atoms with Crippen molar-refractivity contribution in [3.8, 4) is 0 Å². The number of ether oxygens (including phenoxy) is 1. The normalized spacial score (nSPS) is 12.4. The molecule has 0 bridgehead atoms. The molecule has 0 aliphatic carbocycles. The van der Waals surface area contributed by atoms with Gasteiger partial charge in [-0.05, 0) is 24.5 Å². The van der Waals surface area contributed by atoms with Crippen LogP contribution in [0, 0.1) is 5.92 Å². The van der Waals surface area contributed by atoms with Crippen molar-refractivity contribution in [1.29, 1.82) is 0 Å². The first-order chi connectivity index (χ1) is 9.42. The quantitative estimate of drug-likeness (QED) is 0.719. The molecule has 1 aromatic rings. The van der Waals surface area contributed by atoms with Crippen LogP contribution in [0.1, 0.15) is 30.0 Å². The molecular weight excluding hydrogens is 278 g/mol. The predicted molar refractivity (Wildman–Crippen MR) is 77.8 cm³/mol. The highest BCUT2D eigenvalue weighted by Gasteiger charge is 2.20. The van der Waals surface area contributed by atoms with E-state index in [2.05, 4.69) is 5.32 Å². The lowest BCUT2D eigenvalue weighted by Crippen LogP contribution is -2.38. The van der Waals surface area contributed by atoms with Gasteiger partial charge in [-0.3, -0.25) is 14.9 Å². The van der Waals surface area contributed by atoms with Gasteiger partial charge in [-0.25, -0.2) is 0 Å². The zero-order valence-corrected chi connectivity index (χ0v) is 12.8. The van der Waals surface area contributed by atoms with Crippen molar-refractivity contribution in [2.24, 2.45) is 5.92 Å². The molecule has 112 valence electrons. The molecule has 0 saturated carbocycles. The lowest BCUT2D eigenvalue weighted by molar-refractivity contribution is -0.143. The van der Waals surface area contributed by atoms with Crippen LogP contribution < -0.4 is 5.32 Å². The molecule has 1 atom stereocenters. The third-order valence-corrected chi connectivity index (χ3v) is 3.84. The van der Waals surface area contributed by atoms with E-state index < -0.39 is 5.97 Å². The van der Waals surface area contributed by atoms with Crippen LogP contribution in [0.15, 0.2) is 12.1 Å². The third kappa shape index (κ3) is 5.71. The first-order valence-corrected chi connectivity index (χ1v) is 7.34. The fraction of sp³-hybridized carbons (Fsp3) is 0.571. The molecule has 0 aromatic carbocycles. The van der Waals surface area contributed by atoms with Crippen LogP contribution >= 0.6 is 11.3 Å². The number of methoxy groups -OCH3 is 1. The standard InChI is InChI=1S/C14H21NO4S/c1-9(2)6-12(14(18)19-3)15-8-11-5-4-10(20-11)7-13(16)17/h4-5,9,12,15H,6-8H2,1-3H3,(H,16,17). The Kier molecular flexibility index (Phi) is 6.67.